The summed E-state index contributed by atoms with van der Waals surface area (Å²) in [6.07, 6.45) is 3.40. The molecule has 2 atom stereocenters. The first kappa shape index (κ1) is 16.3. The number of halogens is 2. The maximum absolute atomic E-state index is 12.8. The van der Waals surface area contributed by atoms with E-state index in [1.807, 2.05) is 16.3 Å². The average Bonchev–Trinajstić information content (AvgIpc) is 3.16. The van der Waals surface area contributed by atoms with Crippen molar-refractivity contribution in [2.75, 3.05) is 13.1 Å². The Balaban J connectivity index is 1.53. The lowest BCUT2D eigenvalue weighted by molar-refractivity contribution is 0.0743. The van der Waals surface area contributed by atoms with Crippen LogP contribution in [0.2, 0.25) is 10.0 Å². The lowest BCUT2D eigenvalue weighted by Gasteiger charge is -2.23. The highest BCUT2D eigenvalue weighted by molar-refractivity contribution is 7.13. The van der Waals surface area contributed by atoms with E-state index >= 15 is 0 Å². The smallest absolute Gasteiger partial charge is 0.273 e. The van der Waals surface area contributed by atoms with Crippen LogP contribution in [0.15, 0.2) is 23.6 Å². The van der Waals surface area contributed by atoms with Crippen LogP contribution in [0.4, 0.5) is 0 Å². The number of carbonyl (C=O) groups is 1. The average molecular weight is 382 g/mol. The van der Waals surface area contributed by atoms with Crippen molar-refractivity contribution in [2.45, 2.75) is 31.3 Å². The maximum Gasteiger partial charge on any atom is 0.273 e. The molecule has 2 bridgehead atoms. The molecule has 1 amide bonds. The predicted molar refractivity (Wildman–Crippen MR) is 98.0 cm³/mol. The highest BCUT2D eigenvalue weighted by Gasteiger charge is 2.32. The Morgan fingerprint density at radius 3 is 2.88 bits per heavy atom. The molecule has 2 fully saturated rings. The van der Waals surface area contributed by atoms with Crippen LogP contribution in [0.3, 0.4) is 0 Å². The van der Waals surface area contributed by atoms with Gasteiger partial charge in [-0.3, -0.25) is 4.79 Å². The highest BCUT2D eigenvalue weighted by Crippen LogP contribution is 2.31. The maximum atomic E-state index is 12.8. The summed E-state index contributed by atoms with van der Waals surface area (Å²) < 4.78 is 0. The van der Waals surface area contributed by atoms with Crippen LogP contribution in [-0.2, 0) is 0 Å². The van der Waals surface area contributed by atoms with Gasteiger partial charge in [0.15, 0.2) is 0 Å². The van der Waals surface area contributed by atoms with Gasteiger partial charge in [0.1, 0.15) is 10.7 Å². The fourth-order valence-electron chi connectivity index (χ4n) is 3.42. The Hall–Kier alpha value is -1.14. The molecular weight excluding hydrogens is 365 g/mol. The van der Waals surface area contributed by atoms with Crippen molar-refractivity contribution in [1.82, 2.24) is 15.2 Å². The molecule has 2 unspecified atom stereocenters. The second kappa shape index (κ2) is 6.64. The Morgan fingerprint density at radius 1 is 1.21 bits per heavy atom. The molecule has 1 aromatic heterocycles. The minimum absolute atomic E-state index is 0.0203. The lowest BCUT2D eigenvalue weighted by atomic mass is 10.1. The molecule has 1 N–H and O–H groups in total. The van der Waals surface area contributed by atoms with Crippen molar-refractivity contribution in [1.29, 1.82) is 0 Å². The zero-order chi connectivity index (χ0) is 16.7. The van der Waals surface area contributed by atoms with Crippen molar-refractivity contribution in [3.8, 4) is 10.6 Å². The second-order valence-corrected chi connectivity index (χ2v) is 8.02. The SMILES string of the molecule is O=C(c1csc(-c2ccc(Cl)c(Cl)c2)n1)N1CCC2CCC(C1)N2. The number of benzene rings is 1. The lowest BCUT2D eigenvalue weighted by Crippen LogP contribution is -2.39. The van der Waals surface area contributed by atoms with Crippen molar-refractivity contribution in [2.24, 2.45) is 0 Å². The number of nitrogens with zero attached hydrogens (tertiary/aromatic N) is 2. The Labute approximate surface area is 154 Å². The zero-order valence-corrected chi connectivity index (χ0v) is 15.3. The number of hydrogen-bond donors (Lipinski definition) is 1. The van der Waals surface area contributed by atoms with E-state index in [0.29, 0.717) is 27.8 Å². The first-order valence-electron chi connectivity index (χ1n) is 8.06. The van der Waals surface area contributed by atoms with E-state index < -0.39 is 0 Å². The van der Waals surface area contributed by atoms with E-state index in [1.165, 1.54) is 17.8 Å². The topological polar surface area (TPSA) is 45.2 Å². The van der Waals surface area contributed by atoms with Crippen molar-refractivity contribution >= 4 is 40.4 Å². The van der Waals surface area contributed by atoms with Crippen molar-refractivity contribution in [3.63, 3.8) is 0 Å². The van der Waals surface area contributed by atoms with Crippen LogP contribution in [0.5, 0.6) is 0 Å². The molecule has 126 valence electrons. The van der Waals surface area contributed by atoms with Gasteiger partial charge in [0, 0.05) is 36.1 Å². The van der Waals surface area contributed by atoms with Gasteiger partial charge in [-0.15, -0.1) is 11.3 Å². The normalized spacial score (nSPS) is 23.3. The molecule has 0 radical (unpaired) electrons. The number of aromatic nitrogens is 1. The van der Waals surface area contributed by atoms with Crippen LogP contribution in [0.25, 0.3) is 10.6 Å². The summed E-state index contributed by atoms with van der Waals surface area (Å²) in [6.45, 7) is 1.57. The van der Waals surface area contributed by atoms with E-state index in [0.717, 1.165) is 36.5 Å². The van der Waals surface area contributed by atoms with E-state index in [2.05, 4.69) is 10.3 Å². The number of fused-ring (bicyclic) bond motifs is 2. The van der Waals surface area contributed by atoms with Gasteiger partial charge < -0.3 is 10.2 Å². The standard InChI is InChI=1S/C17H17Cl2N3OS/c18-13-4-1-10(7-14(13)19)16-21-15(9-24-16)17(23)22-6-5-11-2-3-12(8-22)20-11/h1,4,7,9,11-12,20H,2-3,5-6,8H2. The minimum Gasteiger partial charge on any atom is -0.336 e. The number of rotatable bonds is 2. The van der Waals surface area contributed by atoms with Crippen LogP contribution in [-0.4, -0.2) is 41.0 Å². The molecule has 2 aliphatic rings. The van der Waals surface area contributed by atoms with Crippen LogP contribution >= 0.6 is 34.5 Å². The molecule has 7 heteroatoms. The molecule has 3 heterocycles. The third-order valence-electron chi connectivity index (χ3n) is 4.70. The molecular formula is C17H17Cl2N3OS. The first-order chi connectivity index (χ1) is 11.6. The molecule has 0 spiro atoms. The predicted octanol–water partition coefficient (Wildman–Crippen LogP) is 4.08. The summed E-state index contributed by atoms with van der Waals surface area (Å²) in [5.41, 5.74) is 1.39. The summed E-state index contributed by atoms with van der Waals surface area (Å²) in [5.74, 6) is 0.0203. The Bertz CT molecular complexity index is 779. The van der Waals surface area contributed by atoms with Gasteiger partial charge in [0.25, 0.3) is 5.91 Å². The summed E-state index contributed by atoms with van der Waals surface area (Å²) in [6, 6.07) is 6.39. The highest BCUT2D eigenvalue weighted by atomic mass is 35.5. The quantitative estimate of drug-likeness (QED) is 0.851. The van der Waals surface area contributed by atoms with E-state index in [-0.39, 0.29) is 5.91 Å². The fraction of sp³-hybridized carbons (Fsp3) is 0.412. The number of amides is 1. The zero-order valence-electron chi connectivity index (χ0n) is 13.0. The number of hydrogen-bond acceptors (Lipinski definition) is 4. The van der Waals surface area contributed by atoms with Gasteiger partial charge in [-0.1, -0.05) is 29.3 Å². The molecule has 0 saturated carbocycles. The van der Waals surface area contributed by atoms with Crippen LogP contribution in [0, 0.1) is 0 Å². The molecule has 2 aliphatic heterocycles. The second-order valence-electron chi connectivity index (χ2n) is 6.34. The van der Waals surface area contributed by atoms with Gasteiger partial charge in [-0.05, 0) is 31.4 Å². The molecule has 24 heavy (non-hydrogen) atoms. The number of thiazole rings is 1. The molecule has 1 aromatic carbocycles. The Morgan fingerprint density at radius 2 is 2.04 bits per heavy atom. The van der Waals surface area contributed by atoms with Crippen molar-refractivity contribution in [3.05, 3.63) is 39.3 Å². The van der Waals surface area contributed by atoms with Gasteiger partial charge >= 0.3 is 0 Å². The number of likely N-dealkylation sites (tertiary alicyclic amines) is 1. The van der Waals surface area contributed by atoms with Crippen LogP contribution < -0.4 is 5.32 Å². The van der Waals surface area contributed by atoms with Gasteiger partial charge in [-0.2, -0.15) is 0 Å². The summed E-state index contributed by atoms with van der Waals surface area (Å²) >= 11 is 13.5. The van der Waals surface area contributed by atoms with Crippen molar-refractivity contribution < 1.29 is 4.79 Å². The fourth-order valence-corrected chi connectivity index (χ4v) is 4.51. The third-order valence-corrected chi connectivity index (χ3v) is 6.33. The van der Waals surface area contributed by atoms with Gasteiger partial charge in [0.05, 0.1) is 10.0 Å². The monoisotopic (exact) mass is 381 g/mol. The van der Waals surface area contributed by atoms with Crippen LogP contribution in [0.1, 0.15) is 29.8 Å². The Kier molecular flexibility index (Phi) is 4.52. The van der Waals surface area contributed by atoms with E-state index in [1.54, 1.807) is 12.1 Å². The van der Waals surface area contributed by atoms with Gasteiger partial charge in [0.2, 0.25) is 0 Å². The van der Waals surface area contributed by atoms with Gasteiger partial charge in [-0.25, -0.2) is 4.98 Å². The molecule has 2 saturated heterocycles. The van der Waals surface area contributed by atoms with E-state index in [4.69, 9.17) is 23.2 Å². The molecule has 2 aromatic rings. The molecule has 4 rings (SSSR count). The molecule has 0 aliphatic carbocycles. The summed E-state index contributed by atoms with van der Waals surface area (Å²) in [4.78, 5) is 19.2. The largest absolute Gasteiger partial charge is 0.336 e. The molecule has 4 nitrogen and oxygen atoms in total. The summed E-state index contributed by atoms with van der Waals surface area (Å²) in [7, 11) is 0. The summed E-state index contributed by atoms with van der Waals surface area (Å²) in [5, 5.41) is 7.21. The third kappa shape index (κ3) is 3.18. The first-order valence-corrected chi connectivity index (χ1v) is 9.70. The van der Waals surface area contributed by atoms with E-state index in [9.17, 15) is 4.79 Å². The minimum atomic E-state index is 0.0203. The number of nitrogens with one attached hydrogen (secondary N) is 1. The number of carbonyl (C=O) groups excluding carboxylic acids is 1.